The molecule has 1 aliphatic heterocycles. The molecule has 33 heavy (non-hydrogen) atoms. The summed E-state index contributed by atoms with van der Waals surface area (Å²) in [4.78, 5) is 15.7. The molecule has 7 heteroatoms. The number of hydrogen-bond acceptors (Lipinski definition) is 6. The number of aromatic amines is 1. The Bertz CT molecular complexity index is 1010. The Kier molecular flexibility index (Phi) is 7.71. The molecule has 3 aromatic rings. The van der Waals surface area contributed by atoms with Gasteiger partial charge < -0.3 is 15.0 Å². The SMILES string of the molecule is CCCCNCc1nc(-c2c[nH]c3ncc(C4CCC(N5CCCOCC5)CC4)cc23)cs1. The van der Waals surface area contributed by atoms with Crippen molar-refractivity contribution in [1.29, 1.82) is 0 Å². The fourth-order valence-electron chi connectivity index (χ4n) is 5.37. The van der Waals surface area contributed by atoms with Crippen LogP contribution in [0, 0.1) is 0 Å². The zero-order chi connectivity index (χ0) is 22.5. The van der Waals surface area contributed by atoms with Gasteiger partial charge in [0.1, 0.15) is 10.7 Å². The predicted octanol–water partition coefficient (Wildman–Crippen LogP) is 5.32. The van der Waals surface area contributed by atoms with Gasteiger partial charge >= 0.3 is 0 Å². The second-order valence-electron chi connectivity index (χ2n) is 9.53. The molecule has 3 aromatic heterocycles. The average Bonchev–Trinajstić information content (AvgIpc) is 3.40. The van der Waals surface area contributed by atoms with Crippen LogP contribution in [0.5, 0.6) is 0 Å². The lowest BCUT2D eigenvalue weighted by Gasteiger charge is -2.36. The van der Waals surface area contributed by atoms with Crippen LogP contribution in [0.1, 0.15) is 68.4 Å². The highest BCUT2D eigenvalue weighted by Gasteiger charge is 2.27. The van der Waals surface area contributed by atoms with E-state index in [-0.39, 0.29) is 0 Å². The number of H-pyrrole nitrogens is 1. The Morgan fingerprint density at radius 3 is 3.00 bits per heavy atom. The minimum Gasteiger partial charge on any atom is -0.380 e. The summed E-state index contributed by atoms with van der Waals surface area (Å²) in [5, 5.41) is 8.03. The molecule has 0 radical (unpaired) electrons. The fourth-order valence-corrected chi connectivity index (χ4v) is 6.14. The van der Waals surface area contributed by atoms with Crippen molar-refractivity contribution in [2.24, 2.45) is 0 Å². The van der Waals surface area contributed by atoms with E-state index in [2.05, 4.69) is 46.0 Å². The summed E-state index contributed by atoms with van der Waals surface area (Å²) in [7, 11) is 0. The normalized spacial score (nSPS) is 22.6. The second-order valence-corrected chi connectivity index (χ2v) is 10.5. The third kappa shape index (κ3) is 5.48. The van der Waals surface area contributed by atoms with Crippen LogP contribution in [-0.4, -0.2) is 58.7 Å². The molecule has 0 spiro atoms. The lowest BCUT2D eigenvalue weighted by molar-refractivity contribution is 0.118. The molecule has 0 unspecified atom stereocenters. The van der Waals surface area contributed by atoms with E-state index < -0.39 is 0 Å². The molecule has 1 saturated carbocycles. The number of nitrogens with one attached hydrogen (secondary N) is 2. The molecule has 0 amide bonds. The first-order chi connectivity index (χ1) is 16.3. The Morgan fingerprint density at radius 1 is 1.21 bits per heavy atom. The summed E-state index contributed by atoms with van der Waals surface area (Å²) in [6, 6.07) is 3.10. The van der Waals surface area contributed by atoms with Crippen LogP contribution in [0.3, 0.4) is 0 Å². The highest BCUT2D eigenvalue weighted by molar-refractivity contribution is 7.09. The minimum atomic E-state index is 0.609. The van der Waals surface area contributed by atoms with E-state index in [1.54, 1.807) is 11.3 Å². The number of aromatic nitrogens is 3. The minimum absolute atomic E-state index is 0.609. The largest absolute Gasteiger partial charge is 0.380 e. The lowest BCUT2D eigenvalue weighted by atomic mass is 9.81. The molecule has 0 bridgehead atoms. The molecule has 4 heterocycles. The Morgan fingerprint density at radius 2 is 2.12 bits per heavy atom. The Balaban J connectivity index is 1.26. The number of unbranched alkanes of at least 4 members (excludes halogenated alkanes) is 1. The standard InChI is InChI=1S/C26H37N5OS/c1-2-3-9-27-17-25-30-24(18-33-25)23-16-29-26-22(23)14-20(15-28-26)19-5-7-21(8-6-19)31-10-4-12-32-13-11-31/h14-16,18-19,21,27H,2-13,17H2,1H3,(H,28,29). The topological polar surface area (TPSA) is 66.1 Å². The van der Waals surface area contributed by atoms with Crippen LogP contribution in [-0.2, 0) is 11.3 Å². The highest BCUT2D eigenvalue weighted by Crippen LogP contribution is 2.37. The van der Waals surface area contributed by atoms with Gasteiger partial charge in [-0.25, -0.2) is 9.97 Å². The van der Waals surface area contributed by atoms with Crippen LogP contribution in [0.2, 0.25) is 0 Å². The smallest absolute Gasteiger partial charge is 0.137 e. The van der Waals surface area contributed by atoms with Crippen molar-refractivity contribution in [2.45, 2.75) is 70.4 Å². The van der Waals surface area contributed by atoms with Gasteiger partial charge in [-0.1, -0.05) is 13.3 Å². The van der Waals surface area contributed by atoms with Gasteiger partial charge in [0.05, 0.1) is 12.3 Å². The van der Waals surface area contributed by atoms with Crippen LogP contribution < -0.4 is 5.32 Å². The second kappa shape index (κ2) is 11.1. The summed E-state index contributed by atoms with van der Waals surface area (Å²) in [6.45, 7) is 8.23. The molecular formula is C26H37N5OS. The summed E-state index contributed by atoms with van der Waals surface area (Å²) in [5.74, 6) is 0.609. The van der Waals surface area contributed by atoms with Crippen molar-refractivity contribution in [3.63, 3.8) is 0 Å². The van der Waals surface area contributed by atoms with Gasteiger partial charge in [-0.3, -0.25) is 4.90 Å². The first-order valence-electron chi connectivity index (χ1n) is 12.8. The van der Waals surface area contributed by atoms with Crippen molar-refractivity contribution in [3.05, 3.63) is 34.4 Å². The van der Waals surface area contributed by atoms with E-state index in [9.17, 15) is 0 Å². The van der Waals surface area contributed by atoms with Crippen molar-refractivity contribution in [2.75, 3.05) is 32.8 Å². The van der Waals surface area contributed by atoms with E-state index in [1.165, 1.54) is 68.0 Å². The van der Waals surface area contributed by atoms with E-state index in [4.69, 9.17) is 14.7 Å². The monoisotopic (exact) mass is 467 g/mol. The molecule has 2 N–H and O–H groups in total. The van der Waals surface area contributed by atoms with Crippen molar-refractivity contribution < 1.29 is 4.74 Å². The number of pyridine rings is 1. The van der Waals surface area contributed by atoms with Crippen LogP contribution in [0.15, 0.2) is 23.8 Å². The average molecular weight is 468 g/mol. The molecule has 2 fully saturated rings. The third-order valence-electron chi connectivity index (χ3n) is 7.30. The van der Waals surface area contributed by atoms with Gasteiger partial charge in [-0.05, 0) is 62.6 Å². The van der Waals surface area contributed by atoms with E-state index in [0.29, 0.717) is 5.92 Å². The van der Waals surface area contributed by atoms with E-state index >= 15 is 0 Å². The molecule has 5 rings (SSSR count). The first-order valence-corrected chi connectivity index (χ1v) is 13.6. The number of ether oxygens (including phenoxy) is 1. The van der Waals surface area contributed by atoms with Crippen molar-refractivity contribution >= 4 is 22.4 Å². The van der Waals surface area contributed by atoms with Crippen molar-refractivity contribution in [1.82, 2.24) is 25.2 Å². The highest BCUT2D eigenvalue weighted by atomic mass is 32.1. The molecule has 0 aromatic carbocycles. The lowest BCUT2D eigenvalue weighted by Crippen LogP contribution is -2.39. The van der Waals surface area contributed by atoms with E-state index in [1.807, 2.05) is 0 Å². The van der Waals surface area contributed by atoms with Gasteiger partial charge in [-0.15, -0.1) is 11.3 Å². The zero-order valence-corrected chi connectivity index (χ0v) is 20.6. The summed E-state index contributed by atoms with van der Waals surface area (Å²) < 4.78 is 5.66. The fraction of sp³-hybridized carbons (Fsp3) is 0.615. The zero-order valence-electron chi connectivity index (χ0n) is 19.8. The van der Waals surface area contributed by atoms with Crippen LogP contribution >= 0.6 is 11.3 Å². The quantitative estimate of drug-likeness (QED) is 0.439. The number of thiazole rings is 1. The number of nitrogens with zero attached hydrogens (tertiary/aromatic N) is 3. The molecule has 0 atom stereocenters. The van der Waals surface area contributed by atoms with Gasteiger partial charge in [0.15, 0.2) is 0 Å². The van der Waals surface area contributed by atoms with Gasteiger partial charge in [0.25, 0.3) is 0 Å². The Hall–Kier alpha value is -1.80. The molecular weight excluding hydrogens is 430 g/mol. The molecule has 1 saturated heterocycles. The third-order valence-corrected chi connectivity index (χ3v) is 8.15. The number of fused-ring (bicyclic) bond motifs is 1. The predicted molar refractivity (Wildman–Crippen MR) is 136 cm³/mol. The first kappa shape index (κ1) is 23.0. The van der Waals surface area contributed by atoms with Crippen LogP contribution in [0.25, 0.3) is 22.3 Å². The molecule has 1 aliphatic carbocycles. The number of rotatable bonds is 8. The van der Waals surface area contributed by atoms with Crippen molar-refractivity contribution in [3.8, 4) is 11.3 Å². The maximum absolute atomic E-state index is 5.66. The molecule has 2 aliphatic rings. The maximum Gasteiger partial charge on any atom is 0.137 e. The summed E-state index contributed by atoms with van der Waals surface area (Å²) >= 11 is 1.74. The van der Waals surface area contributed by atoms with Gasteiger partial charge in [0, 0.05) is 61.0 Å². The summed E-state index contributed by atoms with van der Waals surface area (Å²) in [5.41, 5.74) is 4.58. The molecule has 178 valence electrons. The Labute approximate surface area is 201 Å². The van der Waals surface area contributed by atoms with Gasteiger partial charge in [-0.2, -0.15) is 0 Å². The van der Waals surface area contributed by atoms with Gasteiger partial charge in [0.2, 0.25) is 0 Å². The maximum atomic E-state index is 5.66. The van der Waals surface area contributed by atoms with E-state index in [0.717, 1.165) is 55.2 Å². The van der Waals surface area contributed by atoms with Crippen LogP contribution in [0.4, 0.5) is 0 Å². The number of hydrogen-bond donors (Lipinski definition) is 2. The molecule has 6 nitrogen and oxygen atoms in total. The summed E-state index contributed by atoms with van der Waals surface area (Å²) in [6.07, 6.45) is 12.8.